The summed E-state index contributed by atoms with van der Waals surface area (Å²) in [4.78, 5) is 14.4. The van der Waals surface area contributed by atoms with Crippen LogP contribution in [0.15, 0.2) is 49.1 Å². The number of carboxylic acid groups (broad SMARTS) is 1. The third kappa shape index (κ3) is 4.61. The zero-order valence-corrected chi connectivity index (χ0v) is 11.0. The van der Waals surface area contributed by atoms with E-state index in [0.29, 0.717) is 6.61 Å². The van der Waals surface area contributed by atoms with Crippen LogP contribution in [0, 0.1) is 0 Å². The van der Waals surface area contributed by atoms with Gasteiger partial charge in [0.1, 0.15) is 5.75 Å². The lowest BCUT2D eigenvalue weighted by molar-refractivity contribution is -0.131. The third-order valence-corrected chi connectivity index (χ3v) is 2.69. The molecule has 0 atom stereocenters. The van der Waals surface area contributed by atoms with Crippen LogP contribution in [0.1, 0.15) is 12.0 Å². The summed E-state index contributed by atoms with van der Waals surface area (Å²) in [6.45, 7) is 1.50. The van der Waals surface area contributed by atoms with E-state index in [4.69, 9.17) is 9.84 Å². The van der Waals surface area contributed by atoms with Crippen LogP contribution in [0.5, 0.6) is 5.75 Å². The number of benzene rings is 1. The van der Waals surface area contributed by atoms with E-state index in [1.807, 2.05) is 35.0 Å². The molecule has 0 aliphatic carbocycles. The summed E-state index contributed by atoms with van der Waals surface area (Å²) in [7, 11) is 0. The maximum Gasteiger partial charge on any atom is 0.328 e. The molecule has 5 heteroatoms. The Hall–Kier alpha value is -2.56. The molecule has 0 fully saturated rings. The van der Waals surface area contributed by atoms with E-state index in [-0.39, 0.29) is 0 Å². The van der Waals surface area contributed by atoms with Gasteiger partial charge in [0.25, 0.3) is 0 Å². The van der Waals surface area contributed by atoms with E-state index >= 15 is 0 Å². The first-order valence-corrected chi connectivity index (χ1v) is 6.33. The summed E-state index contributed by atoms with van der Waals surface area (Å²) in [5, 5.41) is 8.53. The van der Waals surface area contributed by atoms with Gasteiger partial charge in [-0.25, -0.2) is 9.78 Å². The molecular formula is C15H16N2O3. The largest absolute Gasteiger partial charge is 0.494 e. The predicted octanol–water partition coefficient (Wildman–Crippen LogP) is 2.45. The molecule has 0 saturated heterocycles. The average Bonchev–Trinajstić information content (AvgIpc) is 2.96. The monoisotopic (exact) mass is 272 g/mol. The molecule has 0 bridgehead atoms. The van der Waals surface area contributed by atoms with Crippen molar-refractivity contribution in [1.29, 1.82) is 0 Å². The number of hydrogen-bond acceptors (Lipinski definition) is 3. The van der Waals surface area contributed by atoms with Gasteiger partial charge in [0.15, 0.2) is 0 Å². The number of rotatable bonds is 7. The second-order valence-electron chi connectivity index (χ2n) is 4.24. The Morgan fingerprint density at radius 2 is 2.15 bits per heavy atom. The fourth-order valence-corrected chi connectivity index (χ4v) is 1.70. The fraction of sp³-hybridized carbons (Fsp3) is 0.200. The van der Waals surface area contributed by atoms with Crippen molar-refractivity contribution in [3.05, 3.63) is 54.6 Å². The lowest BCUT2D eigenvalue weighted by Crippen LogP contribution is -2.02. The maximum absolute atomic E-state index is 10.4. The van der Waals surface area contributed by atoms with Crippen LogP contribution in [0.3, 0.4) is 0 Å². The zero-order valence-electron chi connectivity index (χ0n) is 11.0. The Bertz CT molecular complexity index is 559. The van der Waals surface area contributed by atoms with Gasteiger partial charge >= 0.3 is 5.97 Å². The van der Waals surface area contributed by atoms with E-state index in [1.54, 1.807) is 18.6 Å². The minimum atomic E-state index is -0.954. The van der Waals surface area contributed by atoms with Crippen LogP contribution in [0.2, 0.25) is 0 Å². The summed E-state index contributed by atoms with van der Waals surface area (Å²) >= 11 is 0. The SMILES string of the molecule is O=C(O)C=Cc1ccc(OCCCn2ccnc2)cc1. The number of carboxylic acids is 1. The molecule has 0 aliphatic heterocycles. The zero-order chi connectivity index (χ0) is 14.2. The number of imidazole rings is 1. The molecule has 0 amide bonds. The standard InChI is InChI=1S/C15H16N2O3/c18-15(19)7-4-13-2-5-14(6-3-13)20-11-1-9-17-10-8-16-12-17/h2-8,10,12H,1,9,11H2,(H,18,19). The fourth-order valence-electron chi connectivity index (χ4n) is 1.70. The minimum Gasteiger partial charge on any atom is -0.494 e. The van der Waals surface area contributed by atoms with Gasteiger partial charge in [0.05, 0.1) is 12.9 Å². The minimum absolute atomic E-state index is 0.627. The molecule has 0 spiro atoms. The topological polar surface area (TPSA) is 64.3 Å². The van der Waals surface area contributed by atoms with Gasteiger partial charge in [-0.15, -0.1) is 0 Å². The highest BCUT2D eigenvalue weighted by Crippen LogP contribution is 2.13. The third-order valence-electron chi connectivity index (χ3n) is 2.69. The van der Waals surface area contributed by atoms with Crippen molar-refractivity contribution in [1.82, 2.24) is 9.55 Å². The molecule has 0 aliphatic rings. The van der Waals surface area contributed by atoms with E-state index in [9.17, 15) is 4.79 Å². The van der Waals surface area contributed by atoms with Crippen molar-refractivity contribution >= 4 is 12.0 Å². The summed E-state index contributed by atoms with van der Waals surface area (Å²) in [5.41, 5.74) is 0.832. The Balaban J connectivity index is 1.74. The van der Waals surface area contributed by atoms with Crippen LogP contribution < -0.4 is 4.74 Å². The lowest BCUT2D eigenvalue weighted by Gasteiger charge is -2.06. The van der Waals surface area contributed by atoms with Crippen molar-refractivity contribution in [2.75, 3.05) is 6.61 Å². The van der Waals surface area contributed by atoms with Gasteiger partial charge in [-0.05, 0) is 30.2 Å². The second kappa shape index (κ2) is 7.13. The number of nitrogens with zero attached hydrogens (tertiary/aromatic N) is 2. The highest BCUT2D eigenvalue weighted by atomic mass is 16.5. The molecule has 1 aromatic carbocycles. The van der Waals surface area contributed by atoms with Crippen molar-refractivity contribution < 1.29 is 14.6 Å². The molecular weight excluding hydrogens is 256 g/mol. The van der Waals surface area contributed by atoms with Gasteiger partial charge < -0.3 is 14.4 Å². The molecule has 1 N–H and O–H groups in total. The van der Waals surface area contributed by atoms with Crippen LogP contribution >= 0.6 is 0 Å². The molecule has 2 rings (SSSR count). The number of aromatic nitrogens is 2. The van der Waals surface area contributed by atoms with E-state index in [1.165, 1.54) is 0 Å². The molecule has 1 heterocycles. The molecule has 104 valence electrons. The van der Waals surface area contributed by atoms with Crippen molar-refractivity contribution in [2.24, 2.45) is 0 Å². The summed E-state index contributed by atoms with van der Waals surface area (Å²) in [6.07, 6.45) is 9.01. The summed E-state index contributed by atoms with van der Waals surface area (Å²) < 4.78 is 7.61. The van der Waals surface area contributed by atoms with Gasteiger partial charge in [0.2, 0.25) is 0 Å². The van der Waals surface area contributed by atoms with Crippen LogP contribution in [-0.2, 0) is 11.3 Å². The van der Waals surface area contributed by atoms with Crippen molar-refractivity contribution in [2.45, 2.75) is 13.0 Å². The lowest BCUT2D eigenvalue weighted by atomic mass is 10.2. The van der Waals surface area contributed by atoms with Crippen LogP contribution in [-0.4, -0.2) is 27.2 Å². The van der Waals surface area contributed by atoms with Crippen molar-refractivity contribution in [3.8, 4) is 5.75 Å². The molecule has 0 saturated carbocycles. The maximum atomic E-state index is 10.4. The summed E-state index contributed by atoms with van der Waals surface area (Å²) in [5.74, 6) is -0.173. The average molecular weight is 272 g/mol. The van der Waals surface area contributed by atoms with Gasteiger partial charge in [-0.2, -0.15) is 0 Å². The number of hydrogen-bond donors (Lipinski definition) is 1. The molecule has 2 aromatic rings. The number of aryl methyl sites for hydroxylation is 1. The quantitative estimate of drug-likeness (QED) is 0.621. The first-order chi connectivity index (χ1) is 9.74. The molecule has 0 unspecified atom stereocenters. The first-order valence-electron chi connectivity index (χ1n) is 6.33. The Kier molecular flexibility index (Phi) is 4.94. The Morgan fingerprint density at radius 1 is 1.35 bits per heavy atom. The normalized spacial score (nSPS) is 10.8. The first kappa shape index (κ1) is 13.9. The number of ether oxygens (including phenoxy) is 1. The van der Waals surface area contributed by atoms with Gasteiger partial charge in [0, 0.05) is 25.0 Å². The Morgan fingerprint density at radius 3 is 2.80 bits per heavy atom. The molecule has 1 aromatic heterocycles. The molecule has 0 radical (unpaired) electrons. The molecule has 20 heavy (non-hydrogen) atoms. The van der Waals surface area contributed by atoms with E-state index in [2.05, 4.69) is 4.98 Å². The predicted molar refractivity (Wildman–Crippen MR) is 75.5 cm³/mol. The smallest absolute Gasteiger partial charge is 0.328 e. The van der Waals surface area contributed by atoms with E-state index in [0.717, 1.165) is 30.4 Å². The Labute approximate surface area is 117 Å². The van der Waals surface area contributed by atoms with Gasteiger partial charge in [-0.3, -0.25) is 0 Å². The number of carbonyl (C=O) groups is 1. The molecule has 5 nitrogen and oxygen atoms in total. The van der Waals surface area contributed by atoms with Crippen molar-refractivity contribution in [3.63, 3.8) is 0 Å². The van der Waals surface area contributed by atoms with E-state index < -0.39 is 5.97 Å². The van der Waals surface area contributed by atoms with Gasteiger partial charge in [-0.1, -0.05) is 12.1 Å². The van der Waals surface area contributed by atoms with Crippen LogP contribution in [0.4, 0.5) is 0 Å². The highest BCUT2D eigenvalue weighted by molar-refractivity contribution is 5.85. The highest BCUT2D eigenvalue weighted by Gasteiger charge is 1.95. The number of aliphatic carboxylic acids is 1. The second-order valence-corrected chi connectivity index (χ2v) is 4.24. The summed E-state index contributed by atoms with van der Waals surface area (Å²) in [6, 6.07) is 7.31. The van der Waals surface area contributed by atoms with Crippen LogP contribution in [0.25, 0.3) is 6.08 Å².